The minimum atomic E-state index is -0.184. The first-order chi connectivity index (χ1) is 12.1. The van der Waals surface area contributed by atoms with E-state index in [1.54, 1.807) is 23.5 Å². The van der Waals surface area contributed by atoms with Gasteiger partial charge in [-0.25, -0.2) is 9.97 Å². The summed E-state index contributed by atoms with van der Waals surface area (Å²) in [6, 6.07) is 11.2. The highest BCUT2D eigenvalue weighted by Gasteiger charge is 2.32. The molecule has 3 aromatic rings. The summed E-state index contributed by atoms with van der Waals surface area (Å²) < 4.78 is 1.13. The van der Waals surface area contributed by atoms with Crippen LogP contribution in [0.4, 0.5) is 0 Å². The molecule has 0 N–H and O–H groups in total. The number of nitrogens with zero attached hydrogens (tertiary/aromatic N) is 3. The zero-order chi connectivity index (χ0) is 17.4. The molecule has 1 saturated heterocycles. The fourth-order valence-corrected chi connectivity index (χ4v) is 4.62. The SMILES string of the molecule is O=C(c1nc(Cl)ccc1Cl)N1CCCCC1c1nc2ccccc2s1. The van der Waals surface area contributed by atoms with E-state index in [0.29, 0.717) is 11.6 Å². The molecule has 128 valence electrons. The quantitative estimate of drug-likeness (QED) is 0.551. The summed E-state index contributed by atoms with van der Waals surface area (Å²) in [6.45, 7) is 0.671. The second-order valence-corrected chi connectivity index (χ2v) is 7.85. The van der Waals surface area contributed by atoms with Gasteiger partial charge in [0, 0.05) is 6.54 Å². The highest BCUT2D eigenvalue weighted by molar-refractivity contribution is 7.18. The van der Waals surface area contributed by atoms with E-state index in [-0.39, 0.29) is 22.8 Å². The second-order valence-electron chi connectivity index (χ2n) is 5.99. The minimum absolute atomic E-state index is 0.0458. The number of carbonyl (C=O) groups is 1. The fourth-order valence-electron chi connectivity index (χ4n) is 3.17. The summed E-state index contributed by atoms with van der Waals surface area (Å²) in [6.07, 6.45) is 2.93. The minimum Gasteiger partial charge on any atom is -0.328 e. The Bertz CT molecular complexity index is 910. The van der Waals surface area contributed by atoms with E-state index in [0.717, 1.165) is 34.5 Å². The first-order valence-electron chi connectivity index (χ1n) is 8.12. The van der Waals surface area contributed by atoms with Gasteiger partial charge in [-0.05, 0) is 43.5 Å². The van der Waals surface area contributed by atoms with Gasteiger partial charge in [0.1, 0.15) is 15.9 Å². The Morgan fingerprint density at radius 3 is 2.80 bits per heavy atom. The summed E-state index contributed by atoms with van der Waals surface area (Å²) in [7, 11) is 0. The van der Waals surface area contributed by atoms with Gasteiger partial charge in [-0.2, -0.15) is 0 Å². The van der Waals surface area contributed by atoms with Gasteiger partial charge in [0.25, 0.3) is 5.91 Å². The van der Waals surface area contributed by atoms with Gasteiger partial charge in [0.15, 0.2) is 0 Å². The van der Waals surface area contributed by atoms with Gasteiger partial charge in [0.05, 0.1) is 21.3 Å². The third kappa shape index (κ3) is 3.24. The van der Waals surface area contributed by atoms with Crippen molar-refractivity contribution in [2.24, 2.45) is 0 Å². The topological polar surface area (TPSA) is 46.1 Å². The maximum atomic E-state index is 13.1. The van der Waals surface area contributed by atoms with Crippen molar-refractivity contribution in [1.29, 1.82) is 0 Å². The van der Waals surface area contributed by atoms with Crippen molar-refractivity contribution in [3.63, 3.8) is 0 Å². The Morgan fingerprint density at radius 2 is 1.96 bits per heavy atom. The fraction of sp³-hybridized carbons (Fsp3) is 0.278. The van der Waals surface area contributed by atoms with Crippen LogP contribution in [0.3, 0.4) is 0 Å². The van der Waals surface area contributed by atoms with Crippen molar-refractivity contribution in [2.45, 2.75) is 25.3 Å². The number of fused-ring (bicyclic) bond motifs is 1. The number of halogens is 2. The molecular weight excluding hydrogens is 377 g/mol. The Hall–Kier alpha value is -1.69. The van der Waals surface area contributed by atoms with Crippen LogP contribution in [0.25, 0.3) is 10.2 Å². The van der Waals surface area contributed by atoms with Crippen molar-refractivity contribution in [2.75, 3.05) is 6.54 Å². The molecule has 1 fully saturated rings. The van der Waals surface area contributed by atoms with Crippen LogP contribution in [0.1, 0.15) is 40.8 Å². The van der Waals surface area contributed by atoms with Crippen LogP contribution < -0.4 is 0 Å². The number of aromatic nitrogens is 2. The van der Waals surface area contributed by atoms with Gasteiger partial charge in [-0.1, -0.05) is 35.3 Å². The second kappa shape index (κ2) is 6.90. The lowest BCUT2D eigenvalue weighted by atomic mass is 10.0. The number of amides is 1. The highest BCUT2D eigenvalue weighted by atomic mass is 35.5. The number of para-hydroxylation sites is 1. The van der Waals surface area contributed by atoms with Crippen LogP contribution >= 0.6 is 34.5 Å². The molecule has 3 heterocycles. The Balaban J connectivity index is 1.71. The van der Waals surface area contributed by atoms with Crippen LogP contribution in [0.15, 0.2) is 36.4 Å². The molecule has 0 bridgehead atoms. The summed E-state index contributed by atoms with van der Waals surface area (Å²) in [5.74, 6) is -0.184. The van der Waals surface area contributed by atoms with Crippen LogP contribution in [0.2, 0.25) is 10.2 Å². The largest absolute Gasteiger partial charge is 0.328 e. The van der Waals surface area contributed by atoms with E-state index in [9.17, 15) is 4.79 Å². The number of pyridine rings is 1. The molecule has 4 rings (SSSR count). The first kappa shape index (κ1) is 16.8. The number of benzene rings is 1. The van der Waals surface area contributed by atoms with Crippen molar-refractivity contribution >= 4 is 50.7 Å². The van der Waals surface area contributed by atoms with E-state index in [1.165, 1.54) is 0 Å². The molecule has 4 nitrogen and oxygen atoms in total. The smallest absolute Gasteiger partial charge is 0.274 e. The third-order valence-corrected chi connectivity index (χ3v) is 6.03. The monoisotopic (exact) mass is 391 g/mol. The molecule has 1 aliphatic heterocycles. The number of hydrogen-bond donors (Lipinski definition) is 0. The maximum absolute atomic E-state index is 13.1. The zero-order valence-corrected chi connectivity index (χ0v) is 15.6. The van der Waals surface area contributed by atoms with Crippen LogP contribution in [-0.2, 0) is 0 Å². The van der Waals surface area contributed by atoms with Crippen LogP contribution in [-0.4, -0.2) is 27.3 Å². The third-order valence-electron chi connectivity index (χ3n) is 4.37. The van der Waals surface area contributed by atoms with Gasteiger partial charge < -0.3 is 4.90 Å². The summed E-state index contributed by atoms with van der Waals surface area (Å²) >= 11 is 13.8. The number of thiazole rings is 1. The van der Waals surface area contributed by atoms with E-state index in [2.05, 4.69) is 11.1 Å². The van der Waals surface area contributed by atoms with Gasteiger partial charge in [0.2, 0.25) is 0 Å². The lowest BCUT2D eigenvalue weighted by Gasteiger charge is -2.34. The molecule has 7 heteroatoms. The van der Waals surface area contributed by atoms with E-state index in [4.69, 9.17) is 28.2 Å². The first-order valence-corrected chi connectivity index (χ1v) is 9.69. The molecular formula is C18H15Cl2N3OS. The standard InChI is InChI=1S/C18H15Cl2N3OS/c19-11-8-9-15(20)22-16(11)18(24)23-10-4-3-6-13(23)17-21-12-5-1-2-7-14(12)25-17/h1-2,5,7-9,13H,3-4,6,10H2. The predicted octanol–water partition coefficient (Wildman–Crippen LogP) is 5.37. The molecule has 0 saturated carbocycles. The Morgan fingerprint density at radius 1 is 1.12 bits per heavy atom. The van der Waals surface area contributed by atoms with E-state index >= 15 is 0 Å². The highest BCUT2D eigenvalue weighted by Crippen LogP contribution is 2.36. The number of likely N-dealkylation sites (tertiary alicyclic amines) is 1. The number of piperidine rings is 1. The number of carbonyl (C=O) groups excluding carboxylic acids is 1. The Kier molecular flexibility index (Phi) is 4.63. The zero-order valence-electron chi connectivity index (χ0n) is 13.3. The maximum Gasteiger partial charge on any atom is 0.274 e. The van der Waals surface area contributed by atoms with Gasteiger partial charge in [-0.15, -0.1) is 11.3 Å². The number of rotatable bonds is 2. The molecule has 1 aromatic carbocycles. The van der Waals surface area contributed by atoms with Crippen molar-refractivity contribution < 1.29 is 4.79 Å². The van der Waals surface area contributed by atoms with E-state index < -0.39 is 0 Å². The van der Waals surface area contributed by atoms with Crippen molar-refractivity contribution in [3.05, 3.63) is 57.3 Å². The Labute approximate surface area is 159 Å². The summed E-state index contributed by atoms with van der Waals surface area (Å²) in [4.78, 5) is 23.8. The van der Waals surface area contributed by atoms with Crippen molar-refractivity contribution in [1.82, 2.24) is 14.9 Å². The molecule has 1 atom stereocenters. The molecule has 1 aliphatic rings. The average molecular weight is 392 g/mol. The normalized spacial score (nSPS) is 17.8. The number of hydrogen-bond acceptors (Lipinski definition) is 4. The molecule has 1 unspecified atom stereocenters. The lowest BCUT2D eigenvalue weighted by molar-refractivity contribution is 0.0605. The van der Waals surface area contributed by atoms with Gasteiger partial charge in [-0.3, -0.25) is 4.79 Å². The predicted molar refractivity (Wildman–Crippen MR) is 102 cm³/mol. The molecule has 2 aromatic heterocycles. The molecule has 25 heavy (non-hydrogen) atoms. The van der Waals surface area contributed by atoms with Gasteiger partial charge >= 0.3 is 0 Å². The summed E-state index contributed by atoms with van der Waals surface area (Å²) in [5, 5.41) is 1.55. The van der Waals surface area contributed by atoms with Crippen LogP contribution in [0, 0.1) is 0 Å². The lowest BCUT2D eigenvalue weighted by Crippen LogP contribution is -2.39. The molecule has 0 aliphatic carbocycles. The molecule has 0 spiro atoms. The van der Waals surface area contributed by atoms with Crippen molar-refractivity contribution in [3.8, 4) is 0 Å². The molecule has 1 amide bonds. The van der Waals surface area contributed by atoms with Crippen LogP contribution in [0.5, 0.6) is 0 Å². The van der Waals surface area contributed by atoms with E-state index in [1.807, 2.05) is 23.1 Å². The molecule has 0 radical (unpaired) electrons. The summed E-state index contributed by atoms with van der Waals surface area (Å²) in [5.41, 5.74) is 1.18. The average Bonchev–Trinajstić information content (AvgIpc) is 3.07.